The highest BCUT2D eigenvalue weighted by Gasteiger charge is 2.32. The van der Waals surface area contributed by atoms with Gasteiger partial charge in [-0.2, -0.15) is 0 Å². The number of nitrogens with zero attached hydrogens (tertiary/aromatic N) is 2. The average Bonchev–Trinajstić information content (AvgIpc) is 3.05. The molecule has 1 aliphatic rings. The van der Waals surface area contributed by atoms with Crippen LogP contribution in [0.15, 0.2) is 10.6 Å². The standard InChI is InChI=1S/C14H23N3O2/c1-9(2)12-7-14(19-16-12)15-13(18)8-17(10(3)4)11-5-6-11/h7,9-11H,5-6,8H2,1-4H3,(H,15,18). The Morgan fingerprint density at radius 3 is 2.63 bits per heavy atom. The lowest BCUT2D eigenvalue weighted by atomic mass is 10.1. The Morgan fingerprint density at radius 2 is 2.16 bits per heavy atom. The van der Waals surface area contributed by atoms with Gasteiger partial charge in [-0.3, -0.25) is 15.0 Å². The predicted octanol–water partition coefficient (Wildman–Crippen LogP) is 2.61. The van der Waals surface area contributed by atoms with Gasteiger partial charge < -0.3 is 4.52 Å². The zero-order chi connectivity index (χ0) is 14.0. The summed E-state index contributed by atoms with van der Waals surface area (Å²) in [6.45, 7) is 8.74. The van der Waals surface area contributed by atoms with Crippen LogP contribution in [0.4, 0.5) is 5.88 Å². The summed E-state index contributed by atoms with van der Waals surface area (Å²) < 4.78 is 5.11. The molecule has 5 nitrogen and oxygen atoms in total. The highest BCUT2D eigenvalue weighted by Crippen LogP contribution is 2.28. The van der Waals surface area contributed by atoms with E-state index in [1.165, 1.54) is 12.8 Å². The van der Waals surface area contributed by atoms with Crippen LogP contribution in [-0.4, -0.2) is 34.6 Å². The fraction of sp³-hybridized carbons (Fsp3) is 0.714. The first-order valence-corrected chi connectivity index (χ1v) is 6.99. The number of anilines is 1. The average molecular weight is 265 g/mol. The van der Waals surface area contributed by atoms with E-state index in [0.717, 1.165) is 5.69 Å². The molecule has 1 N–H and O–H groups in total. The highest BCUT2D eigenvalue weighted by atomic mass is 16.5. The smallest absolute Gasteiger partial charge is 0.240 e. The van der Waals surface area contributed by atoms with Crippen molar-refractivity contribution >= 4 is 11.8 Å². The zero-order valence-electron chi connectivity index (χ0n) is 12.1. The molecule has 2 rings (SSSR count). The molecule has 19 heavy (non-hydrogen) atoms. The van der Waals surface area contributed by atoms with Crippen LogP contribution in [0, 0.1) is 0 Å². The predicted molar refractivity (Wildman–Crippen MR) is 74.1 cm³/mol. The van der Waals surface area contributed by atoms with Gasteiger partial charge in [-0.15, -0.1) is 0 Å². The third-order valence-corrected chi connectivity index (χ3v) is 3.39. The lowest BCUT2D eigenvalue weighted by Gasteiger charge is -2.25. The number of amides is 1. The Kier molecular flexibility index (Phi) is 4.24. The topological polar surface area (TPSA) is 58.4 Å². The normalized spacial score (nSPS) is 15.5. The minimum absolute atomic E-state index is 0.0351. The molecule has 0 spiro atoms. The molecule has 1 aliphatic carbocycles. The van der Waals surface area contributed by atoms with E-state index < -0.39 is 0 Å². The van der Waals surface area contributed by atoms with Gasteiger partial charge in [0, 0.05) is 18.2 Å². The summed E-state index contributed by atoms with van der Waals surface area (Å²) in [6, 6.07) is 2.75. The molecule has 0 saturated heterocycles. The number of nitrogens with one attached hydrogen (secondary N) is 1. The summed E-state index contributed by atoms with van der Waals surface area (Å²) in [6.07, 6.45) is 2.40. The molecule has 0 aliphatic heterocycles. The molecular formula is C14H23N3O2. The summed E-state index contributed by atoms with van der Waals surface area (Å²) in [4.78, 5) is 14.2. The van der Waals surface area contributed by atoms with Crippen LogP contribution in [-0.2, 0) is 4.79 Å². The fourth-order valence-corrected chi connectivity index (χ4v) is 2.10. The van der Waals surface area contributed by atoms with Crippen molar-refractivity contribution < 1.29 is 9.32 Å². The molecule has 0 atom stereocenters. The number of carbonyl (C=O) groups excluding carboxylic acids is 1. The number of aromatic nitrogens is 1. The van der Waals surface area contributed by atoms with Gasteiger partial charge in [0.15, 0.2) is 0 Å². The van der Waals surface area contributed by atoms with Gasteiger partial charge in [0.05, 0.1) is 12.2 Å². The Bertz CT molecular complexity index is 434. The summed E-state index contributed by atoms with van der Waals surface area (Å²) in [7, 11) is 0. The molecule has 106 valence electrons. The van der Waals surface area contributed by atoms with Gasteiger partial charge in [0.25, 0.3) is 0 Å². The van der Waals surface area contributed by atoms with Crippen LogP contribution >= 0.6 is 0 Å². The van der Waals surface area contributed by atoms with E-state index in [4.69, 9.17) is 4.52 Å². The van der Waals surface area contributed by atoms with Crippen molar-refractivity contribution in [2.24, 2.45) is 0 Å². The van der Waals surface area contributed by atoms with Crippen LogP contribution in [0.3, 0.4) is 0 Å². The van der Waals surface area contributed by atoms with Crippen molar-refractivity contribution in [1.29, 1.82) is 0 Å². The van der Waals surface area contributed by atoms with Crippen molar-refractivity contribution in [1.82, 2.24) is 10.1 Å². The largest absolute Gasteiger partial charge is 0.338 e. The first-order chi connectivity index (χ1) is 8.97. The van der Waals surface area contributed by atoms with Gasteiger partial charge in [-0.05, 0) is 32.6 Å². The van der Waals surface area contributed by atoms with E-state index >= 15 is 0 Å². The minimum Gasteiger partial charge on any atom is -0.338 e. The third-order valence-electron chi connectivity index (χ3n) is 3.39. The second kappa shape index (κ2) is 5.74. The summed E-state index contributed by atoms with van der Waals surface area (Å²) in [5.41, 5.74) is 0.859. The summed E-state index contributed by atoms with van der Waals surface area (Å²) in [5.74, 6) is 0.702. The van der Waals surface area contributed by atoms with Crippen molar-refractivity contribution in [2.75, 3.05) is 11.9 Å². The van der Waals surface area contributed by atoms with Crippen LogP contribution in [0.5, 0.6) is 0 Å². The summed E-state index contributed by atoms with van der Waals surface area (Å²) >= 11 is 0. The molecule has 0 aromatic carbocycles. The molecule has 1 saturated carbocycles. The Balaban J connectivity index is 1.89. The molecule has 5 heteroatoms. The molecule has 1 heterocycles. The number of hydrogen-bond donors (Lipinski definition) is 1. The molecular weight excluding hydrogens is 242 g/mol. The number of rotatable bonds is 6. The molecule has 0 unspecified atom stereocenters. The molecule has 1 amide bonds. The lowest BCUT2D eigenvalue weighted by Crippen LogP contribution is -2.39. The van der Waals surface area contributed by atoms with Crippen molar-refractivity contribution in [2.45, 2.75) is 58.5 Å². The molecule has 1 aromatic heterocycles. The molecule has 0 bridgehead atoms. The van der Waals surface area contributed by atoms with E-state index in [2.05, 4.69) is 29.2 Å². The summed E-state index contributed by atoms with van der Waals surface area (Å²) in [5, 5.41) is 6.70. The van der Waals surface area contributed by atoms with Crippen LogP contribution < -0.4 is 5.32 Å². The van der Waals surface area contributed by atoms with Crippen molar-refractivity contribution in [3.63, 3.8) is 0 Å². The lowest BCUT2D eigenvalue weighted by molar-refractivity contribution is -0.118. The van der Waals surface area contributed by atoms with Gasteiger partial charge in [-0.25, -0.2) is 0 Å². The van der Waals surface area contributed by atoms with Gasteiger partial charge >= 0.3 is 0 Å². The Hall–Kier alpha value is -1.36. The first-order valence-electron chi connectivity index (χ1n) is 6.99. The molecule has 1 fully saturated rings. The maximum atomic E-state index is 12.0. The van der Waals surface area contributed by atoms with Crippen molar-refractivity contribution in [3.8, 4) is 0 Å². The van der Waals surface area contributed by atoms with E-state index in [-0.39, 0.29) is 5.91 Å². The Labute approximate surface area is 114 Å². The third kappa shape index (κ3) is 3.80. The number of hydrogen-bond acceptors (Lipinski definition) is 4. The Morgan fingerprint density at radius 1 is 1.47 bits per heavy atom. The SMILES string of the molecule is CC(C)c1cc(NC(=O)CN(C(C)C)C2CC2)on1. The maximum absolute atomic E-state index is 12.0. The fourth-order valence-electron chi connectivity index (χ4n) is 2.10. The van der Waals surface area contributed by atoms with Gasteiger partial charge in [-0.1, -0.05) is 19.0 Å². The van der Waals surface area contributed by atoms with Gasteiger partial charge in [0.2, 0.25) is 11.8 Å². The number of carbonyl (C=O) groups is 1. The van der Waals surface area contributed by atoms with Crippen LogP contribution in [0.25, 0.3) is 0 Å². The highest BCUT2D eigenvalue weighted by molar-refractivity contribution is 5.91. The van der Waals surface area contributed by atoms with Gasteiger partial charge in [0.1, 0.15) is 0 Å². The minimum atomic E-state index is -0.0351. The van der Waals surface area contributed by atoms with E-state index in [1.807, 2.05) is 13.8 Å². The quantitative estimate of drug-likeness (QED) is 0.859. The second-order valence-electron chi connectivity index (χ2n) is 5.82. The molecule has 0 radical (unpaired) electrons. The van der Waals surface area contributed by atoms with E-state index in [1.54, 1.807) is 6.07 Å². The zero-order valence-corrected chi connectivity index (χ0v) is 12.1. The molecule has 1 aromatic rings. The second-order valence-corrected chi connectivity index (χ2v) is 5.82. The monoisotopic (exact) mass is 265 g/mol. The first kappa shape index (κ1) is 14.1. The van der Waals surface area contributed by atoms with Crippen LogP contribution in [0.1, 0.15) is 52.1 Å². The van der Waals surface area contributed by atoms with Crippen LogP contribution in [0.2, 0.25) is 0 Å². The van der Waals surface area contributed by atoms with E-state index in [0.29, 0.717) is 30.4 Å². The van der Waals surface area contributed by atoms with E-state index in [9.17, 15) is 4.79 Å². The van der Waals surface area contributed by atoms with Crippen molar-refractivity contribution in [3.05, 3.63) is 11.8 Å². The maximum Gasteiger partial charge on any atom is 0.240 e.